The number of nitrogens with one attached hydrogen (secondary N) is 1. The van der Waals surface area contributed by atoms with E-state index in [2.05, 4.69) is 25.6 Å². The first-order valence-electron chi connectivity index (χ1n) is 8.03. The van der Waals surface area contributed by atoms with Crippen LogP contribution in [0.1, 0.15) is 11.3 Å². The Morgan fingerprint density at radius 3 is 2.63 bits per heavy atom. The maximum absolute atomic E-state index is 12.8. The third-order valence-corrected chi connectivity index (χ3v) is 5.58. The van der Waals surface area contributed by atoms with Crippen LogP contribution in [0.2, 0.25) is 0 Å². The molecule has 0 atom stereocenters. The molecular formula is C20H17BrN2O3S. The van der Waals surface area contributed by atoms with Crippen LogP contribution >= 0.6 is 15.9 Å². The summed E-state index contributed by atoms with van der Waals surface area (Å²) in [6.45, 7) is 0. The van der Waals surface area contributed by atoms with Crippen LogP contribution in [0.3, 0.4) is 0 Å². The minimum atomic E-state index is -3.80. The van der Waals surface area contributed by atoms with Crippen molar-refractivity contribution in [1.82, 2.24) is 4.98 Å². The maximum atomic E-state index is 12.8. The Morgan fingerprint density at radius 2 is 1.89 bits per heavy atom. The summed E-state index contributed by atoms with van der Waals surface area (Å²) < 4.78 is 34.0. The molecule has 3 aromatic rings. The van der Waals surface area contributed by atoms with Gasteiger partial charge in [0.2, 0.25) is 0 Å². The van der Waals surface area contributed by atoms with E-state index < -0.39 is 10.0 Å². The van der Waals surface area contributed by atoms with Gasteiger partial charge in [0.25, 0.3) is 10.0 Å². The molecule has 1 heterocycles. The van der Waals surface area contributed by atoms with Gasteiger partial charge in [-0.3, -0.25) is 9.71 Å². The molecule has 0 amide bonds. The van der Waals surface area contributed by atoms with Gasteiger partial charge in [-0.15, -0.1) is 0 Å². The monoisotopic (exact) mass is 444 g/mol. The Labute approximate surface area is 166 Å². The zero-order valence-electron chi connectivity index (χ0n) is 14.5. The van der Waals surface area contributed by atoms with E-state index in [4.69, 9.17) is 4.74 Å². The number of hydrogen-bond donors (Lipinski definition) is 1. The van der Waals surface area contributed by atoms with Gasteiger partial charge in [0.1, 0.15) is 10.6 Å². The van der Waals surface area contributed by atoms with Crippen molar-refractivity contribution in [1.29, 1.82) is 0 Å². The molecule has 0 fully saturated rings. The van der Waals surface area contributed by atoms with Crippen LogP contribution in [0.5, 0.6) is 5.75 Å². The summed E-state index contributed by atoms with van der Waals surface area (Å²) in [6.07, 6.45) is 5.46. The second-order valence-corrected chi connectivity index (χ2v) is 8.18. The predicted octanol–water partition coefficient (Wildman–Crippen LogP) is 4.82. The van der Waals surface area contributed by atoms with Gasteiger partial charge in [-0.25, -0.2) is 8.42 Å². The number of aromatic nitrogens is 1. The number of hydrogen-bond acceptors (Lipinski definition) is 4. The molecule has 0 spiro atoms. The van der Waals surface area contributed by atoms with Gasteiger partial charge >= 0.3 is 0 Å². The third-order valence-electron chi connectivity index (χ3n) is 3.69. The number of halogens is 1. The molecule has 1 N–H and O–H groups in total. The Morgan fingerprint density at radius 1 is 1.04 bits per heavy atom. The highest BCUT2D eigenvalue weighted by atomic mass is 79.9. The lowest BCUT2D eigenvalue weighted by Gasteiger charge is -2.12. The minimum absolute atomic E-state index is 0.0637. The van der Waals surface area contributed by atoms with Crippen LogP contribution in [0.15, 0.2) is 76.2 Å². The number of ether oxygens (including phenoxy) is 1. The molecule has 7 heteroatoms. The molecule has 1 aromatic heterocycles. The van der Waals surface area contributed by atoms with Gasteiger partial charge in [-0.2, -0.15) is 0 Å². The summed E-state index contributed by atoms with van der Waals surface area (Å²) in [5, 5.41) is 0. The largest absolute Gasteiger partial charge is 0.495 e. The minimum Gasteiger partial charge on any atom is -0.495 e. The number of pyridine rings is 1. The summed E-state index contributed by atoms with van der Waals surface area (Å²) >= 11 is 3.29. The second-order valence-electron chi connectivity index (χ2n) is 5.61. The molecule has 0 unspecified atom stereocenters. The van der Waals surface area contributed by atoms with Crippen molar-refractivity contribution >= 4 is 43.8 Å². The van der Waals surface area contributed by atoms with Crippen LogP contribution in [0.25, 0.3) is 12.2 Å². The van der Waals surface area contributed by atoms with Gasteiger partial charge in [0.15, 0.2) is 0 Å². The van der Waals surface area contributed by atoms with E-state index in [-0.39, 0.29) is 10.6 Å². The molecule has 2 aromatic carbocycles. The van der Waals surface area contributed by atoms with Gasteiger partial charge < -0.3 is 4.74 Å². The summed E-state index contributed by atoms with van der Waals surface area (Å²) in [6, 6.07) is 17.6. The Hall–Kier alpha value is -2.64. The molecule has 3 rings (SSSR count). The molecule has 0 saturated heterocycles. The van der Waals surface area contributed by atoms with E-state index in [1.165, 1.54) is 13.2 Å². The first-order chi connectivity index (χ1) is 13.0. The van der Waals surface area contributed by atoms with Crippen LogP contribution in [-0.4, -0.2) is 20.5 Å². The third kappa shape index (κ3) is 4.96. The fourth-order valence-corrected chi connectivity index (χ4v) is 4.19. The highest BCUT2D eigenvalue weighted by Gasteiger charge is 2.20. The van der Waals surface area contributed by atoms with Crippen molar-refractivity contribution in [3.8, 4) is 5.75 Å². The maximum Gasteiger partial charge on any atom is 0.265 e. The van der Waals surface area contributed by atoms with E-state index in [9.17, 15) is 8.42 Å². The summed E-state index contributed by atoms with van der Waals surface area (Å²) in [5.41, 5.74) is 2.13. The van der Waals surface area contributed by atoms with Crippen molar-refractivity contribution in [2.24, 2.45) is 0 Å². The number of sulfonamides is 1. The number of anilines is 1. The van der Waals surface area contributed by atoms with Crippen LogP contribution in [0.4, 0.5) is 5.69 Å². The Kier molecular flexibility index (Phi) is 5.93. The van der Waals surface area contributed by atoms with Gasteiger partial charge in [0, 0.05) is 16.4 Å². The zero-order valence-corrected chi connectivity index (χ0v) is 16.9. The molecular weight excluding hydrogens is 428 g/mol. The summed E-state index contributed by atoms with van der Waals surface area (Å²) in [5.74, 6) is 0.275. The van der Waals surface area contributed by atoms with Crippen molar-refractivity contribution in [2.45, 2.75) is 4.90 Å². The van der Waals surface area contributed by atoms with Crippen LogP contribution in [-0.2, 0) is 10.0 Å². The molecule has 0 aliphatic rings. The van der Waals surface area contributed by atoms with Crippen molar-refractivity contribution < 1.29 is 13.2 Å². The lowest BCUT2D eigenvalue weighted by Crippen LogP contribution is -2.14. The second kappa shape index (κ2) is 8.37. The zero-order chi connectivity index (χ0) is 19.3. The van der Waals surface area contributed by atoms with E-state index in [1.54, 1.807) is 36.5 Å². The topological polar surface area (TPSA) is 68.3 Å². The highest BCUT2D eigenvalue weighted by Crippen LogP contribution is 2.29. The SMILES string of the molecule is COc1ccc(Br)cc1S(=O)(=O)Nc1cccc(/C=C/c2ccccn2)c1. The predicted molar refractivity (Wildman–Crippen MR) is 111 cm³/mol. The molecule has 5 nitrogen and oxygen atoms in total. The lowest BCUT2D eigenvalue weighted by molar-refractivity contribution is 0.403. The van der Waals surface area contributed by atoms with Gasteiger partial charge in [-0.1, -0.05) is 40.2 Å². The summed E-state index contributed by atoms with van der Waals surface area (Å²) in [4.78, 5) is 4.29. The Balaban J connectivity index is 1.86. The number of rotatable bonds is 6. The molecule has 0 bridgehead atoms. The fourth-order valence-electron chi connectivity index (χ4n) is 2.43. The van der Waals surface area contributed by atoms with Crippen molar-refractivity contribution in [3.63, 3.8) is 0 Å². The number of benzene rings is 2. The van der Waals surface area contributed by atoms with E-state index in [0.29, 0.717) is 10.2 Å². The van der Waals surface area contributed by atoms with E-state index >= 15 is 0 Å². The van der Waals surface area contributed by atoms with Gasteiger partial charge in [0.05, 0.1) is 12.8 Å². The van der Waals surface area contributed by atoms with Gasteiger partial charge in [-0.05, 0) is 54.1 Å². The lowest BCUT2D eigenvalue weighted by atomic mass is 10.2. The highest BCUT2D eigenvalue weighted by molar-refractivity contribution is 9.10. The molecule has 0 aliphatic heterocycles. The van der Waals surface area contributed by atoms with E-state index in [0.717, 1.165) is 11.3 Å². The summed E-state index contributed by atoms with van der Waals surface area (Å²) in [7, 11) is -2.37. The fraction of sp³-hybridized carbons (Fsp3) is 0.0500. The average molecular weight is 445 g/mol. The van der Waals surface area contributed by atoms with Crippen LogP contribution < -0.4 is 9.46 Å². The Bertz CT molecular complexity index is 1070. The molecule has 138 valence electrons. The van der Waals surface area contributed by atoms with Crippen molar-refractivity contribution in [2.75, 3.05) is 11.8 Å². The normalized spacial score (nSPS) is 11.5. The molecule has 0 aliphatic carbocycles. The van der Waals surface area contributed by atoms with E-state index in [1.807, 2.05) is 36.4 Å². The average Bonchev–Trinajstić information content (AvgIpc) is 2.67. The quantitative estimate of drug-likeness (QED) is 0.591. The standard InChI is InChI=1S/C20H17BrN2O3S/c1-26-19-11-9-16(21)14-20(19)27(24,25)23-18-7-4-5-15(13-18)8-10-17-6-2-3-12-22-17/h2-14,23H,1H3/b10-8+. The number of methoxy groups -OCH3 is 1. The van der Waals surface area contributed by atoms with Crippen LogP contribution in [0, 0.1) is 0 Å². The van der Waals surface area contributed by atoms with Crippen molar-refractivity contribution in [3.05, 3.63) is 82.6 Å². The number of nitrogens with zero attached hydrogens (tertiary/aromatic N) is 1. The first kappa shape index (κ1) is 19.1. The molecule has 0 saturated carbocycles. The molecule has 27 heavy (non-hydrogen) atoms. The smallest absolute Gasteiger partial charge is 0.265 e. The first-order valence-corrected chi connectivity index (χ1v) is 10.3. The molecule has 0 radical (unpaired) electrons.